The molecule has 0 saturated carbocycles. The van der Waals surface area contributed by atoms with Gasteiger partial charge in [-0.3, -0.25) is 9.52 Å². The zero-order chi connectivity index (χ0) is 27.1. The van der Waals surface area contributed by atoms with E-state index in [2.05, 4.69) is 21.6 Å². The molecular weight excluding hydrogens is 504 g/mol. The highest BCUT2D eigenvalue weighted by atomic mass is 32.2. The maximum Gasteiger partial charge on any atom is 0.398 e. The molecule has 1 heterocycles. The molecular formula is C23H28F4N4O4S. The van der Waals surface area contributed by atoms with Crippen molar-refractivity contribution in [3.05, 3.63) is 76.7 Å². The van der Waals surface area contributed by atoms with Crippen molar-refractivity contribution in [3.8, 4) is 0 Å². The van der Waals surface area contributed by atoms with Crippen molar-refractivity contribution in [2.45, 2.75) is 39.2 Å². The molecule has 1 aliphatic rings. The van der Waals surface area contributed by atoms with Gasteiger partial charge in [-0.15, -0.1) is 0 Å². The van der Waals surface area contributed by atoms with Crippen LogP contribution in [0.15, 0.2) is 70.6 Å². The lowest BCUT2D eigenvalue weighted by molar-refractivity contribution is -0.149. The molecule has 2 N–H and O–H groups in total. The van der Waals surface area contributed by atoms with Crippen molar-refractivity contribution in [2.24, 2.45) is 18.0 Å². The highest BCUT2D eigenvalue weighted by Crippen LogP contribution is 2.33. The molecule has 0 bridgehead atoms. The third kappa shape index (κ3) is 8.70. The zero-order valence-corrected chi connectivity index (χ0v) is 20.8. The van der Waals surface area contributed by atoms with Crippen LogP contribution in [-0.2, 0) is 21.8 Å². The van der Waals surface area contributed by atoms with Gasteiger partial charge in [0.2, 0.25) is 15.6 Å². The fourth-order valence-corrected chi connectivity index (χ4v) is 4.24. The number of pyridine rings is 1. The number of allylic oxidation sites excluding steroid dienone is 5. The molecule has 0 aromatic carbocycles. The summed E-state index contributed by atoms with van der Waals surface area (Å²) < 4.78 is 87.8. The quantitative estimate of drug-likeness (QED) is 0.206. The molecule has 1 aromatic heterocycles. The number of hydrogen-bond donors (Lipinski definition) is 2. The molecule has 0 saturated heterocycles. The SMILES string of the molecule is C=C(NC(N=C(C)NS(=O)(=O)CCCC)OC1=C[C@@H](C(F)(F)F)C=CC=C1F)c1ccc(=O)n(C)c1. The Morgan fingerprint density at radius 2 is 2.03 bits per heavy atom. The smallest absolute Gasteiger partial charge is 0.398 e. The highest BCUT2D eigenvalue weighted by molar-refractivity contribution is 7.90. The van der Waals surface area contributed by atoms with Crippen LogP contribution in [0, 0.1) is 5.92 Å². The van der Waals surface area contributed by atoms with Crippen LogP contribution >= 0.6 is 0 Å². The van der Waals surface area contributed by atoms with E-state index in [1.807, 2.05) is 6.92 Å². The molecule has 2 rings (SSSR count). The second-order valence-electron chi connectivity index (χ2n) is 7.95. The number of aryl methyl sites for hydroxylation is 1. The first kappa shape index (κ1) is 28.9. The Morgan fingerprint density at radius 1 is 1.33 bits per heavy atom. The summed E-state index contributed by atoms with van der Waals surface area (Å²) in [7, 11) is -2.24. The predicted molar refractivity (Wildman–Crippen MR) is 130 cm³/mol. The highest BCUT2D eigenvalue weighted by Gasteiger charge is 2.38. The summed E-state index contributed by atoms with van der Waals surface area (Å²) in [4.78, 5) is 15.7. The molecule has 2 atom stereocenters. The molecule has 198 valence electrons. The Balaban J connectivity index is 2.39. The van der Waals surface area contributed by atoms with E-state index in [-0.39, 0.29) is 22.8 Å². The van der Waals surface area contributed by atoms with Crippen molar-refractivity contribution in [1.82, 2.24) is 14.6 Å². The van der Waals surface area contributed by atoms with Gasteiger partial charge in [-0.2, -0.15) is 13.2 Å². The van der Waals surface area contributed by atoms with Gasteiger partial charge in [-0.05, 0) is 31.6 Å². The van der Waals surface area contributed by atoms with E-state index in [9.17, 15) is 30.8 Å². The number of sulfonamides is 1. The van der Waals surface area contributed by atoms with Crippen LogP contribution < -0.4 is 15.6 Å². The largest absolute Gasteiger partial charge is 0.448 e. The number of amidine groups is 1. The average Bonchev–Trinajstić information content (AvgIpc) is 2.95. The van der Waals surface area contributed by atoms with Gasteiger partial charge in [0.05, 0.1) is 11.7 Å². The Labute approximate surface area is 206 Å². The number of ether oxygens (including phenoxy) is 1. The Kier molecular flexibility index (Phi) is 9.68. The predicted octanol–water partition coefficient (Wildman–Crippen LogP) is 3.87. The Morgan fingerprint density at radius 3 is 2.64 bits per heavy atom. The molecule has 0 amide bonds. The minimum Gasteiger partial charge on any atom is -0.448 e. The normalized spacial score (nSPS) is 17.5. The van der Waals surface area contributed by atoms with E-state index >= 15 is 0 Å². The number of aromatic nitrogens is 1. The van der Waals surface area contributed by atoms with E-state index < -0.39 is 40.1 Å². The molecule has 8 nitrogen and oxygen atoms in total. The van der Waals surface area contributed by atoms with Crippen LogP contribution in [0.4, 0.5) is 17.6 Å². The number of halogens is 4. The molecule has 1 aliphatic carbocycles. The van der Waals surface area contributed by atoms with Gasteiger partial charge in [0.15, 0.2) is 11.6 Å². The summed E-state index contributed by atoms with van der Waals surface area (Å²) in [5, 5.41) is 2.69. The lowest BCUT2D eigenvalue weighted by Gasteiger charge is -2.22. The monoisotopic (exact) mass is 532 g/mol. The van der Waals surface area contributed by atoms with Gasteiger partial charge in [0.1, 0.15) is 5.84 Å². The summed E-state index contributed by atoms with van der Waals surface area (Å²) in [6, 6.07) is 2.71. The molecule has 0 radical (unpaired) electrons. The van der Waals surface area contributed by atoms with Crippen molar-refractivity contribution in [2.75, 3.05) is 5.75 Å². The summed E-state index contributed by atoms with van der Waals surface area (Å²) >= 11 is 0. The van der Waals surface area contributed by atoms with Crippen LogP contribution in [0.2, 0.25) is 0 Å². The maximum absolute atomic E-state index is 14.5. The molecule has 0 fully saturated rings. The second-order valence-corrected chi connectivity index (χ2v) is 9.79. The number of alkyl halides is 3. The van der Waals surface area contributed by atoms with Crippen molar-refractivity contribution in [1.29, 1.82) is 0 Å². The lowest BCUT2D eigenvalue weighted by Crippen LogP contribution is -2.35. The summed E-state index contributed by atoms with van der Waals surface area (Å²) in [6.07, 6.45) is -0.763. The summed E-state index contributed by atoms with van der Waals surface area (Å²) in [5.74, 6) is -4.28. The van der Waals surface area contributed by atoms with E-state index in [1.54, 1.807) is 0 Å². The van der Waals surface area contributed by atoms with Crippen LogP contribution in [0.1, 0.15) is 32.3 Å². The van der Waals surface area contributed by atoms with Gasteiger partial charge in [-0.1, -0.05) is 32.1 Å². The zero-order valence-electron chi connectivity index (χ0n) is 20.0. The molecule has 36 heavy (non-hydrogen) atoms. The average molecular weight is 533 g/mol. The fourth-order valence-electron chi connectivity index (χ4n) is 2.97. The second kappa shape index (κ2) is 12.1. The molecule has 1 aromatic rings. The van der Waals surface area contributed by atoms with Crippen LogP contribution in [0.3, 0.4) is 0 Å². The number of hydrogen-bond acceptors (Lipinski definition) is 6. The molecule has 13 heteroatoms. The Hall–Kier alpha value is -3.35. The lowest BCUT2D eigenvalue weighted by atomic mass is 10.1. The first-order valence-corrected chi connectivity index (χ1v) is 12.5. The first-order valence-electron chi connectivity index (χ1n) is 10.9. The fraction of sp³-hybridized carbons (Fsp3) is 0.391. The Bertz CT molecular complexity index is 1250. The van der Waals surface area contributed by atoms with Crippen molar-refractivity contribution in [3.63, 3.8) is 0 Å². The van der Waals surface area contributed by atoms with Crippen LogP contribution in [0.25, 0.3) is 5.70 Å². The summed E-state index contributed by atoms with van der Waals surface area (Å²) in [5.41, 5.74) is 0.240. The molecule has 0 aliphatic heterocycles. The minimum absolute atomic E-state index is 0.130. The van der Waals surface area contributed by atoms with Gasteiger partial charge < -0.3 is 14.6 Å². The third-order valence-electron chi connectivity index (χ3n) is 4.86. The van der Waals surface area contributed by atoms with Gasteiger partial charge in [0.25, 0.3) is 6.35 Å². The van der Waals surface area contributed by atoms with E-state index in [0.717, 1.165) is 18.2 Å². The van der Waals surface area contributed by atoms with Gasteiger partial charge in [-0.25, -0.2) is 17.8 Å². The molecule has 0 spiro atoms. The number of nitrogens with zero attached hydrogens (tertiary/aromatic N) is 2. The third-order valence-corrected chi connectivity index (χ3v) is 6.29. The van der Waals surface area contributed by atoms with E-state index in [1.165, 1.54) is 36.9 Å². The van der Waals surface area contributed by atoms with Crippen LogP contribution in [0.5, 0.6) is 0 Å². The van der Waals surface area contributed by atoms with Gasteiger partial charge in [0, 0.05) is 30.6 Å². The number of rotatable bonds is 10. The van der Waals surface area contributed by atoms with Crippen LogP contribution in [-0.4, -0.2) is 37.1 Å². The number of unbranched alkanes of at least 4 members (excludes halogenated alkanes) is 1. The minimum atomic E-state index is -4.70. The van der Waals surface area contributed by atoms with E-state index in [4.69, 9.17) is 4.74 Å². The van der Waals surface area contributed by atoms with Crippen molar-refractivity contribution >= 4 is 21.6 Å². The van der Waals surface area contributed by atoms with E-state index in [0.29, 0.717) is 24.5 Å². The van der Waals surface area contributed by atoms with Crippen molar-refractivity contribution < 1.29 is 30.7 Å². The summed E-state index contributed by atoms with van der Waals surface area (Å²) in [6.45, 7) is 6.94. The number of aliphatic imine (C=N–C) groups is 1. The van der Waals surface area contributed by atoms with Gasteiger partial charge >= 0.3 is 6.18 Å². The number of nitrogens with one attached hydrogen (secondary N) is 2. The first-order chi connectivity index (χ1) is 16.7. The topological polar surface area (TPSA) is 102 Å². The molecule has 1 unspecified atom stereocenters. The maximum atomic E-state index is 14.5. The standard InChI is InChI=1S/C23H28F4N4O4S/c1-5-6-12-36(33,34)30-16(3)29-22(28-15(2)17-10-11-21(32)31(4)14-17)35-20-13-18(23(25,26)27)8-7-9-19(20)24/h7-11,13-14,18,22,28H,2,5-6,12H2,1,3-4H3,(H,29,30)/t18-,22?/m0/s1.